The molecular formula is C26H43NO7S2. The summed E-state index contributed by atoms with van der Waals surface area (Å²) in [6, 6.07) is 0. The van der Waals surface area contributed by atoms with E-state index in [-0.39, 0.29) is 74.6 Å². The van der Waals surface area contributed by atoms with Gasteiger partial charge in [-0.15, -0.1) is 0 Å². The van der Waals surface area contributed by atoms with Crippen LogP contribution in [-0.2, 0) is 33.5 Å². The van der Waals surface area contributed by atoms with E-state index in [9.17, 15) is 28.8 Å². The first-order valence-corrected chi connectivity index (χ1v) is 14.2. The average Bonchev–Trinajstić information content (AvgIpc) is 2.87. The Morgan fingerprint density at radius 1 is 1.03 bits per heavy atom. The van der Waals surface area contributed by atoms with Crippen molar-refractivity contribution < 1.29 is 37.6 Å². The molecule has 1 aliphatic rings. The van der Waals surface area contributed by atoms with Crippen molar-refractivity contribution in [2.45, 2.75) is 83.1 Å². The molecule has 8 nitrogen and oxygen atoms in total. The Bertz CT molecular complexity index is 816. The molecule has 4 unspecified atom stereocenters. The predicted molar refractivity (Wildman–Crippen MR) is 145 cm³/mol. The molecule has 0 aromatic heterocycles. The fraction of sp³-hybridized carbons (Fsp3) is 0.769. The minimum absolute atomic E-state index is 0.0135. The molecule has 1 saturated carbocycles. The first kappa shape index (κ1) is 29.0. The molecule has 1 aliphatic carbocycles. The van der Waals surface area contributed by atoms with Gasteiger partial charge in [-0.2, -0.15) is 23.5 Å². The van der Waals surface area contributed by atoms with Crippen LogP contribution in [0.2, 0.25) is 0 Å². The topological polar surface area (TPSA) is 124 Å². The number of carbonyl (C=O) groups is 6. The molecule has 36 heavy (non-hydrogen) atoms. The van der Waals surface area contributed by atoms with E-state index in [0.29, 0.717) is 34.8 Å². The van der Waals surface area contributed by atoms with Crippen molar-refractivity contribution in [2.24, 2.45) is 11.8 Å². The summed E-state index contributed by atoms with van der Waals surface area (Å²) in [5, 5.41) is 3.11. The van der Waals surface area contributed by atoms with Crippen LogP contribution in [-0.4, -0.2) is 77.5 Å². The van der Waals surface area contributed by atoms with Crippen LogP contribution in [0.4, 0.5) is 0 Å². The highest BCUT2D eigenvalue weighted by Crippen LogP contribution is 2.42. The molecule has 10 heteroatoms. The minimum atomic E-state index is -0.832. The highest BCUT2D eigenvalue weighted by Gasteiger charge is 2.34. The van der Waals surface area contributed by atoms with Gasteiger partial charge >= 0.3 is 0 Å². The van der Waals surface area contributed by atoms with Crippen LogP contribution < -0.4 is 5.32 Å². The van der Waals surface area contributed by atoms with Gasteiger partial charge in [0.1, 0.15) is 32.6 Å². The lowest BCUT2D eigenvalue weighted by Gasteiger charge is -2.37. The van der Waals surface area contributed by atoms with Gasteiger partial charge in [-0.1, -0.05) is 14.3 Å². The Kier molecular flexibility index (Phi) is 16.6. The largest absolute Gasteiger partial charge is 0.381 e. The summed E-state index contributed by atoms with van der Waals surface area (Å²) < 4.78 is 25.0. The SMILES string of the molecule is [2H]C.[2H]C(=O)CCC(=O)C(CSC1CCC1SCC(CC)C(=O)NCC([2H])=O)CC(=O)CCOCCC(C)=O. The lowest BCUT2D eigenvalue weighted by molar-refractivity contribution is -0.128. The smallest absolute Gasteiger partial charge is 0.224 e. The predicted octanol–water partition coefficient (Wildman–Crippen LogP) is 3.47. The summed E-state index contributed by atoms with van der Waals surface area (Å²) in [6.45, 7) is 3.54. The molecule has 0 heterocycles. The first-order chi connectivity index (χ1) is 18.5. The average molecular weight is 549 g/mol. The van der Waals surface area contributed by atoms with Crippen molar-refractivity contribution in [3.05, 3.63) is 0 Å². The van der Waals surface area contributed by atoms with Crippen LogP contribution in [0.3, 0.4) is 0 Å². The zero-order valence-electron chi connectivity index (χ0n) is 24.7. The molecule has 4 atom stereocenters. The Hall–Kier alpha value is -1.52. The Balaban J connectivity index is 0.00000704. The number of carbonyl (C=O) groups excluding carboxylic acids is 6. The second kappa shape index (κ2) is 20.5. The third-order valence-corrected chi connectivity index (χ3v) is 9.24. The molecule has 1 amide bonds. The lowest BCUT2D eigenvalue weighted by Crippen LogP contribution is -2.36. The van der Waals surface area contributed by atoms with Gasteiger partial charge < -0.3 is 19.6 Å². The van der Waals surface area contributed by atoms with Crippen molar-refractivity contribution >= 4 is 59.3 Å². The number of rotatable bonds is 22. The zero-order valence-corrected chi connectivity index (χ0v) is 23.3. The maximum Gasteiger partial charge on any atom is 0.224 e. The van der Waals surface area contributed by atoms with Crippen molar-refractivity contribution in [2.75, 3.05) is 31.3 Å². The Labute approximate surface area is 228 Å². The van der Waals surface area contributed by atoms with Gasteiger partial charge in [0.25, 0.3) is 0 Å². The number of hydrogen-bond acceptors (Lipinski definition) is 9. The fourth-order valence-corrected chi connectivity index (χ4v) is 6.90. The number of amides is 1. The Morgan fingerprint density at radius 3 is 2.17 bits per heavy atom. The molecule has 1 rings (SSSR count). The molecular weight excluding hydrogens is 502 g/mol. The van der Waals surface area contributed by atoms with Gasteiger partial charge in [-0.25, -0.2) is 0 Å². The first-order valence-electron chi connectivity index (χ1n) is 14.1. The van der Waals surface area contributed by atoms with E-state index in [1.807, 2.05) is 6.92 Å². The number of hydrogen-bond donors (Lipinski definition) is 1. The van der Waals surface area contributed by atoms with E-state index in [1.54, 1.807) is 23.5 Å². The zero-order chi connectivity index (χ0) is 29.8. The van der Waals surface area contributed by atoms with Crippen LogP contribution in [0.1, 0.15) is 76.7 Å². The van der Waals surface area contributed by atoms with Crippen LogP contribution >= 0.6 is 23.5 Å². The number of thioether (sulfide) groups is 2. The van der Waals surface area contributed by atoms with E-state index in [0.717, 1.165) is 12.8 Å². The summed E-state index contributed by atoms with van der Waals surface area (Å²) in [4.78, 5) is 70.2. The molecule has 1 fully saturated rings. The van der Waals surface area contributed by atoms with E-state index in [4.69, 9.17) is 8.85 Å². The van der Waals surface area contributed by atoms with Gasteiger partial charge in [0.15, 0.2) is 0 Å². The van der Waals surface area contributed by atoms with Gasteiger partial charge in [0.05, 0.1) is 19.8 Å². The van der Waals surface area contributed by atoms with Crippen LogP contribution in [0.15, 0.2) is 0 Å². The maximum absolute atomic E-state index is 12.7. The second-order valence-electron chi connectivity index (χ2n) is 8.65. The van der Waals surface area contributed by atoms with Gasteiger partial charge in [-0.05, 0) is 26.2 Å². The summed E-state index contributed by atoms with van der Waals surface area (Å²) >= 11 is 3.33. The van der Waals surface area contributed by atoms with Gasteiger partial charge in [-0.3, -0.25) is 19.2 Å². The summed E-state index contributed by atoms with van der Waals surface area (Å²) in [5.74, 6) is -0.230. The maximum atomic E-state index is 12.7. The van der Waals surface area contributed by atoms with Crippen LogP contribution in [0, 0.1) is 11.8 Å². The summed E-state index contributed by atoms with van der Waals surface area (Å²) in [7, 11) is 1.25. The molecule has 206 valence electrons. The molecule has 0 aromatic rings. The monoisotopic (exact) mass is 548 g/mol. The van der Waals surface area contributed by atoms with E-state index < -0.39 is 18.4 Å². The number of nitrogens with one attached hydrogen (secondary N) is 1. The molecule has 0 radical (unpaired) electrons. The minimum Gasteiger partial charge on any atom is -0.381 e. The summed E-state index contributed by atoms with van der Waals surface area (Å²) in [5.41, 5.74) is 0. The number of Topliss-reactive ketones (excluding diaryl/α,β-unsaturated/α-hetero) is 3. The van der Waals surface area contributed by atoms with Crippen molar-refractivity contribution in [1.29, 1.82) is 0 Å². The molecule has 0 spiro atoms. The summed E-state index contributed by atoms with van der Waals surface area (Å²) in [6.07, 6.45) is 1.26. The molecule has 0 aliphatic heterocycles. The molecule has 0 aromatic carbocycles. The van der Waals surface area contributed by atoms with E-state index in [1.165, 1.54) is 14.3 Å². The van der Waals surface area contributed by atoms with E-state index in [2.05, 4.69) is 5.32 Å². The van der Waals surface area contributed by atoms with Crippen molar-refractivity contribution in [3.8, 4) is 0 Å². The van der Waals surface area contributed by atoms with Crippen LogP contribution in [0.5, 0.6) is 0 Å². The highest BCUT2D eigenvalue weighted by molar-refractivity contribution is 8.04. The highest BCUT2D eigenvalue weighted by atomic mass is 32.2. The quantitative estimate of drug-likeness (QED) is 0.160. The molecule has 0 saturated heterocycles. The number of aldehydes is 2. The number of ketones is 3. The number of ether oxygens (including phenoxy) is 1. The van der Waals surface area contributed by atoms with Crippen molar-refractivity contribution in [3.63, 3.8) is 0 Å². The van der Waals surface area contributed by atoms with Crippen LogP contribution in [0.25, 0.3) is 0 Å². The van der Waals surface area contributed by atoms with Crippen molar-refractivity contribution in [1.82, 2.24) is 5.32 Å². The third kappa shape index (κ3) is 14.3. The molecule has 1 N–H and O–H groups in total. The van der Waals surface area contributed by atoms with E-state index >= 15 is 0 Å². The second-order valence-corrected chi connectivity index (χ2v) is 11.2. The third-order valence-electron chi connectivity index (χ3n) is 5.90. The van der Waals surface area contributed by atoms with Gasteiger partial charge in [0, 0.05) is 67.3 Å². The lowest BCUT2D eigenvalue weighted by atomic mass is 9.95. The standard InChI is InChI=1S/C25H39NO7S2.CH4/c1-3-19(25(32)26-10-12-28)16-34-23-6-7-24(23)35-17-20(22(31)5-4-11-27)15-21(30)9-14-33-13-8-18(2)29;/h11-12,19-20,23-24H,3-10,13-17H2,1-2H3,(H,26,32);1H4/i11D,12D;1D. The normalized spacial score (nSPS) is 19.1. The fourth-order valence-electron chi connectivity index (χ4n) is 3.47. The molecule has 0 bridgehead atoms. The van der Waals surface area contributed by atoms with Gasteiger partial charge in [0.2, 0.25) is 5.91 Å². The Morgan fingerprint density at radius 2 is 1.64 bits per heavy atom.